The van der Waals surface area contributed by atoms with Gasteiger partial charge in [0.15, 0.2) is 0 Å². The zero-order valence-corrected chi connectivity index (χ0v) is 11.1. The highest BCUT2D eigenvalue weighted by Gasteiger charge is 2.08. The predicted octanol–water partition coefficient (Wildman–Crippen LogP) is 4.22. The summed E-state index contributed by atoms with van der Waals surface area (Å²) in [6.07, 6.45) is 3.87. The minimum Gasteiger partial charge on any atom is -0.308 e. The Hall–Kier alpha value is -0.820. The summed E-state index contributed by atoms with van der Waals surface area (Å²) in [5.41, 5.74) is 2.73. The van der Waals surface area contributed by atoms with E-state index >= 15 is 0 Å². The first-order valence-electron chi connectivity index (χ1n) is 6.46. The summed E-state index contributed by atoms with van der Waals surface area (Å²) in [4.78, 5) is 0. The van der Waals surface area contributed by atoms with Gasteiger partial charge < -0.3 is 5.32 Å². The smallest absolute Gasteiger partial charge is 0.0294 e. The molecule has 0 bridgehead atoms. The van der Waals surface area contributed by atoms with Gasteiger partial charge in [0.25, 0.3) is 0 Å². The van der Waals surface area contributed by atoms with Gasteiger partial charge in [-0.15, -0.1) is 0 Å². The highest BCUT2D eigenvalue weighted by Crippen LogP contribution is 2.15. The monoisotopic (exact) mass is 219 g/mol. The number of aryl methyl sites for hydroxylation is 1. The molecule has 0 fully saturated rings. The van der Waals surface area contributed by atoms with Crippen LogP contribution in [0.3, 0.4) is 0 Å². The van der Waals surface area contributed by atoms with Gasteiger partial charge in [0.2, 0.25) is 0 Å². The Bertz CT molecular complexity index is 306. The third-order valence-electron chi connectivity index (χ3n) is 3.07. The van der Waals surface area contributed by atoms with Crippen molar-refractivity contribution < 1.29 is 0 Å². The quantitative estimate of drug-likeness (QED) is 0.755. The highest BCUT2D eigenvalue weighted by atomic mass is 14.9. The Morgan fingerprint density at radius 3 is 2.62 bits per heavy atom. The summed E-state index contributed by atoms with van der Waals surface area (Å²) in [5.74, 6) is 0. The van der Waals surface area contributed by atoms with Crippen molar-refractivity contribution in [1.82, 2.24) is 5.32 Å². The fourth-order valence-electron chi connectivity index (χ4n) is 2.06. The average molecular weight is 219 g/mol. The van der Waals surface area contributed by atoms with Gasteiger partial charge in [0, 0.05) is 12.1 Å². The van der Waals surface area contributed by atoms with Crippen LogP contribution in [0, 0.1) is 6.92 Å². The molecule has 1 N–H and O–H groups in total. The number of hydrogen-bond acceptors (Lipinski definition) is 1. The minimum atomic E-state index is 0.451. The van der Waals surface area contributed by atoms with E-state index in [2.05, 4.69) is 57.3 Å². The first-order chi connectivity index (χ1) is 7.63. The van der Waals surface area contributed by atoms with Crippen LogP contribution in [0.5, 0.6) is 0 Å². The zero-order chi connectivity index (χ0) is 12.0. The molecule has 1 unspecified atom stereocenters. The van der Waals surface area contributed by atoms with Crippen molar-refractivity contribution >= 4 is 0 Å². The molecule has 16 heavy (non-hydrogen) atoms. The average Bonchev–Trinajstić information content (AvgIpc) is 2.26. The molecule has 0 aliphatic heterocycles. The molecule has 0 saturated carbocycles. The molecule has 0 spiro atoms. The van der Waals surface area contributed by atoms with E-state index in [4.69, 9.17) is 0 Å². The van der Waals surface area contributed by atoms with Crippen LogP contribution in [0.4, 0.5) is 0 Å². The first-order valence-corrected chi connectivity index (χ1v) is 6.46. The molecule has 0 radical (unpaired) electrons. The summed E-state index contributed by atoms with van der Waals surface area (Å²) in [5, 5.41) is 3.66. The first kappa shape index (κ1) is 13.2. The summed E-state index contributed by atoms with van der Waals surface area (Å²) in [6, 6.07) is 9.82. The molecule has 2 atom stereocenters. The summed E-state index contributed by atoms with van der Waals surface area (Å²) in [7, 11) is 0. The third kappa shape index (κ3) is 4.36. The topological polar surface area (TPSA) is 12.0 Å². The summed E-state index contributed by atoms with van der Waals surface area (Å²) in [6.45, 7) is 8.92. The molecule has 0 saturated heterocycles. The second-order valence-electron chi connectivity index (χ2n) is 4.85. The Morgan fingerprint density at radius 1 is 1.25 bits per heavy atom. The van der Waals surface area contributed by atoms with E-state index in [1.54, 1.807) is 0 Å². The van der Waals surface area contributed by atoms with Crippen LogP contribution >= 0.6 is 0 Å². The molecule has 1 rings (SSSR count). The van der Waals surface area contributed by atoms with Gasteiger partial charge in [0.05, 0.1) is 0 Å². The molecular formula is C15H25N. The normalized spacial score (nSPS) is 14.8. The molecule has 1 heteroatoms. The van der Waals surface area contributed by atoms with E-state index in [0.717, 1.165) is 0 Å². The van der Waals surface area contributed by atoms with Gasteiger partial charge in [-0.1, -0.05) is 49.6 Å². The molecule has 0 aromatic heterocycles. The van der Waals surface area contributed by atoms with Gasteiger partial charge in [-0.2, -0.15) is 0 Å². The lowest BCUT2D eigenvalue weighted by Gasteiger charge is -2.20. The van der Waals surface area contributed by atoms with Crippen LogP contribution in [-0.2, 0) is 0 Å². The lowest BCUT2D eigenvalue weighted by Crippen LogP contribution is -2.28. The maximum Gasteiger partial charge on any atom is 0.0294 e. The Balaban J connectivity index is 2.48. The van der Waals surface area contributed by atoms with E-state index < -0.39 is 0 Å². The fourth-order valence-corrected chi connectivity index (χ4v) is 2.06. The molecule has 1 aromatic carbocycles. The Morgan fingerprint density at radius 2 is 2.00 bits per heavy atom. The van der Waals surface area contributed by atoms with E-state index in [1.165, 1.54) is 30.4 Å². The summed E-state index contributed by atoms with van der Waals surface area (Å²) >= 11 is 0. The number of nitrogens with one attached hydrogen (secondary N) is 1. The van der Waals surface area contributed by atoms with Gasteiger partial charge >= 0.3 is 0 Å². The summed E-state index contributed by atoms with van der Waals surface area (Å²) < 4.78 is 0. The van der Waals surface area contributed by atoms with E-state index in [1.807, 2.05) is 0 Å². The molecule has 0 aliphatic carbocycles. The fraction of sp³-hybridized carbons (Fsp3) is 0.600. The van der Waals surface area contributed by atoms with Crippen molar-refractivity contribution in [3.05, 3.63) is 35.4 Å². The van der Waals surface area contributed by atoms with Crippen LogP contribution < -0.4 is 5.32 Å². The number of rotatable bonds is 6. The van der Waals surface area contributed by atoms with Crippen LogP contribution in [0.1, 0.15) is 57.2 Å². The lowest BCUT2D eigenvalue weighted by molar-refractivity contribution is 0.444. The second kappa shape index (κ2) is 6.70. The second-order valence-corrected chi connectivity index (χ2v) is 4.85. The predicted molar refractivity (Wildman–Crippen MR) is 71.7 cm³/mol. The van der Waals surface area contributed by atoms with E-state index in [-0.39, 0.29) is 0 Å². The van der Waals surface area contributed by atoms with E-state index in [0.29, 0.717) is 12.1 Å². The van der Waals surface area contributed by atoms with Gasteiger partial charge in [-0.3, -0.25) is 0 Å². The van der Waals surface area contributed by atoms with Crippen LogP contribution in [0.2, 0.25) is 0 Å². The number of hydrogen-bond donors (Lipinski definition) is 1. The molecule has 90 valence electrons. The lowest BCUT2D eigenvalue weighted by atomic mass is 10.0. The standard InChI is InChI=1S/C15H25N/c1-5-6-9-13(3)16-14(4)15-10-7-8-12(2)11-15/h7-8,10-11,13-14,16H,5-6,9H2,1-4H3/t13?,14-/m0/s1. The molecule has 0 heterocycles. The van der Waals surface area contributed by atoms with Crippen molar-refractivity contribution in [3.63, 3.8) is 0 Å². The largest absolute Gasteiger partial charge is 0.308 e. The number of unbranched alkanes of at least 4 members (excludes halogenated alkanes) is 1. The zero-order valence-electron chi connectivity index (χ0n) is 11.1. The molecule has 0 aliphatic rings. The van der Waals surface area contributed by atoms with Gasteiger partial charge in [-0.05, 0) is 32.8 Å². The van der Waals surface area contributed by atoms with Crippen molar-refractivity contribution in [2.45, 2.75) is 59.0 Å². The molecule has 1 nitrogen and oxygen atoms in total. The molecule has 0 amide bonds. The molecule has 1 aromatic rings. The van der Waals surface area contributed by atoms with Crippen LogP contribution in [0.15, 0.2) is 24.3 Å². The van der Waals surface area contributed by atoms with Crippen LogP contribution in [0.25, 0.3) is 0 Å². The Kier molecular flexibility index (Phi) is 5.54. The van der Waals surface area contributed by atoms with Crippen molar-refractivity contribution in [2.75, 3.05) is 0 Å². The van der Waals surface area contributed by atoms with Crippen molar-refractivity contribution in [2.24, 2.45) is 0 Å². The molecular weight excluding hydrogens is 194 g/mol. The maximum absolute atomic E-state index is 3.66. The Labute approximate surface area is 100 Å². The van der Waals surface area contributed by atoms with E-state index in [9.17, 15) is 0 Å². The highest BCUT2D eigenvalue weighted by molar-refractivity contribution is 5.24. The van der Waals surface area contributed by atoms with Crippen LogP contribution in [-0.4, -0.2) is 6.04 Å². The van der Waals surface area contributed by atoms with Gasteiger partial charge in [-0.25, -0.2) is 0 Å². The third-order valence-corrected chi connectivity index (χ3v) is 3.07. The number of benzene rings is 1. The van der Waals surface area contributed by atoms with Gasteiger partial charge in [0.1, 0.15) is 0 Å². The maximum atomic E-state index is 3.66. The SMILES string of the molecule is CCCCC(C)N[C@@H](C)c1cccc(C)c1. The minimum absolute atomic E-state index is 0.451. The van der Waals surface area contributed by atoms with Crippen molar-refractivity contribution in [3.8, 4) is 0 Å². The van der Waals surface area contributed by atoms with Crippen molar-refractivity contribution in [1.29, 1.82) is 0 Å².